The molecule has 0 spiro atoms. The van der Waals surface area contributed by atoms with Crippen molar-refractivity contribution >= 4 is 0 Å². The third-order valence-electron chi connectivity index (χ3n) is 2.18. The highest BCUT2D eigenvalue weighted by Gasteiger charge is 2.11. The largest absolute Gasteiger partial charge is 0.330 e. The second kappa shape index (κ2) is 5.05. The van der Waals surface area contributed by atoms with Gasteiger partial charge in [0.25, 0.3) is 6.43 Å². The van der Waals surface area contributed by atoms with Gasteiger partial charge in [-0.2, -0.15) is 0 Å². The predicted octanol–water partition coefficient (Wildman–Crippen LogP) is 2.82. The molecule has 0 saturated carbocycles. The van der Waals surface area contributed by atoms with Crippen molar-refractivity contribution in [1.82, 2.24) is 0 Å². The van der Waals surface area contributed by atoms with E-state index in [4.69, 9.17) is 5.73 Å². The van der Waals surface area contributed by atoms with Crippen LogP contribution in [0.5, 0.6) is 0 Å². The summed E-state index contributed by atoms with van der Waals surface area (Å²) in [6.07, 6.45) is -0.996. The van der Waals surface area contributed by atoms with Crippen molar-refractivity contribution < 1.29 is 8.78 Å². The lowest BCUT2D eigenvalue weighted by Crippen LogP contribution is -2.03. The highest BCUT2D eigenvalue weighted by Crippen LogP contribution is 2.24. The Morgan fingerprint density at radius 3 is 2.64 bits per heavy atom. The van der Waals surface area contributed by atoms with E-state index in [0.717, 1.165) is 17.5 Å². The fraction of sp³-hybridized carbons (Fsp3) is 0.455. The normalized spacial score (nSPS) is 10.9. The highest BCUT2D eigenvalue weighted by molar-refractivity contribution is 5.32. The number of hydrogen-bond acceptors (Lipinski definition) is 1. The Morgan fingerprint density at radius 1 is 1.36 bits per heavy atom. The van der Waals surface area contributed by atoms with Gasteiger partial charge in [0.2, 0.25) is 0 Å². The molecule has 0 unspecified atom stereocenters. The topological polar surface area (TPSA) is 26.0 Å². The average molecular weight is 199 g/mol. The Balaban J connectivity index is 2.91. The summed E-state index contributed by atoms with van der Waals surface area (Å²) in [6, 6.07) is 5.04. The van der Waals surface area contributed by atoms with E-state index in [9.17, 15) is 8.78 Å². The minimum Gasteiger partial charge on any atom is -0.330 e. The summed E-state index contributed by atoms with van der Waals surface area (Å²) in [4.78, 5) is 0. The monoisotopic (exact) mass is 199 g/mol. The SMILES string of the molecule is Cc1ccc(C(F)F)c(CCCN)c1. The van der Waals surface area contributed by atoms with E-state index in [-0.39, 0.29) is 5.56 Å². The Kier molecular flexibility index (Phi) is 4.01. The maximum Gasteiger partial charge on any atom is 0.264 e. The molecule has 0 aliphatic heterocycles. The summed E-state index contributed by atoms with van der Waals surface area (Å²) in [5.74, 6) is 0. The van der Waals surface area contributed by atoms with E-state index in [0.29, 0.717) is 13.0 Å². The van der Waals surface area contributed by atoms with E-state index in [1.54, 1.807) is 6.07 Å². The van der Waals surface area contributed by atoms with Gasteiger partial charge in [-0.05, 0) is 31.9 Å². The first-order chi connectivity index (χ1) is 6.65. The molecule has 0 aromatic heterocycles. The molecule has 3 heteroatoms. The Bertz CT molecular complexity index is 297. The average Bonchev–Trinajstić information content (AvgIpc) is 2.14. The van der Waals surface area contributed by atoms with Crippen molar-refractivity contribution in [3.8, 4) is 0 Å². The predicted molar refractivity (Wildman–Crippen MR) is 53.5 cm³/mol. The lowest BCUT2D eigenvalue weighted by Gasteiger charge is -2.09. The van der Waals surface area contributed by atoms with Gasteiger partial charge in [0.15, 0.2) is 0 Å². The van der Waals surface area contributed by atoms with Crippen LogP contribution in [0.15, 0.2) is 18.2 Å². The molecule has 0 radical (unpaired) electrons. The molecular weight excluding hydrogens is 184 g/mol. The van der Waals surface area contributed by atoms with Crippen molar-refractivity contribution in [3.05, 3.63) is 34.9 Å². The molecule has 1 nitrogen and oxygen atoms in total. The van der Waals surface area contributed by atoms with Crippen LogP contribution in [-0.2, 0) is 6.42 Å². The number of rotatable bonds is 4. The van der Waals surface area contributed by atoms with Crippen LogP contribution in [-0.4, -0.2) is 6.54 Å². The third-order valence-corrected chi connectivity index (χ3v) is 2.18. The number of halogens is 2. The van der Waals surface area contributed by atoms with Gasteiger partial charge >= 0.3 is 0 Å². The summed E-state index contributed by atoms with van der Waals surface area (Å²) < 4.78 is 25.1. The molecule has 0 bridgehead atoms. The Hall–Kier alpha value is -0.960. The minimum absolute atomic E-state index is 0.143. The smallest absolute Gasteiger partial charge is 0.264 e. The van der Waals surface area contributed by atoms with E-state index in [1.165, 1.54) is 6.07 Å². The summed E-state index contributed by atoms with van der Waals surface area (Å²) in [6.45, 7) is 2.44. The molecule has 1 rings (SSSR count). The lowest BCUT2D eigenvalue weighted by molar-refractivity contribution is 0.150. The molecular formula is C11H15F2N. The first kappa shape index (κ1) is 11.1. The molecule has 0 atom stereocenters. The summed E-state index contributed by atoms with van der Waals surface area (Å²) in [5, 5.41) is 0. The van der Waals surface area contributed by atoms with Crippen molar-refractivity contribution in [2.45, 2.75) is 26.2 Å². The second-order valence-electron chi connectivity index (χ2n) is 3.40. The molecule has 78 valence electrons. The zero-order chi connectivity index (χ0) is 10.6. The van der Waals surface area contributed by atoms with Gasteiger partial charge in [-0.25, -0.2) is 8.78 Å². The van der Waals surface area contributed by atoms with Gasteiger partial charge in [0, 0.05) is 5.56 Å². The van der Waals surface area contributed by atoms with Gasteiger partial charge in [0.05, 0.1) is 0 Å². The number of benzene rings is 1. The van der Waals surface area contributed by atoms with Gasteiger partial charge in [0.1, 0.15) is 0 Å². The van der Waals surface area contributed by atoms with Crippen LogP contribution in [0.3, 0.4) is 0 Å². The molecule has 2 N–H and O–H groups in total. The number of hydrogen-bond donors (Lipinski definition) is 1. The van der Waals surface area contributed by atoms with Gasteiger partial charge in [-0.3, -0.25) is 0 Å². The van der Waals surface area contributed by atoms with Gasteiger partial charge < -0.3 is 5.73 Å². The summed E-state index contributed by atoms with van der Waals surface area (Å²) in [5.41, 5.74) is 7.24. The van der Waals surface area contributed by atoms with Crippen molar-refractivity contribution in [2.75, 3.05) is 6.54 Å². The van der Waals surface area contributed by atoms with E-state index in [2.05, 4.69) is 0 Å². The maximum absolute atomic E-state index is 12.6. The minimum atomic E-state index is -2.39. The molecule has 0 amide bonds. The van der Waals surface area contributed by atoms with E-state index in [1.807, 2.05) is 13.0 Å². The van der Waals surface area contributed by atoms with Crippen LogP contribution in [0.1, 0.15) is 29.5 Å². The maximum atomic E-state index is 12.6. The number of alkyl halides is 2. The van der Waals surface area contributed by atoms with Crippen LogP contribution in [0.25, 0.3) is 0 Å². The number of nitrogens with two attached hydrogens (primary N) is 1. The quantitative estimate of drug-likeness (QED) is 0.792. The van der Waals surface area contributed by atoms with Crippen molar-refractivity contribution in [3.63, 3.8) is 0 Å². The zero-order valence-corrected chi connectivity index (χ0v) is 8.26. The molecule has 14 heavy (non-hydrogen) atoms. The second-order valence-corrected chi connectivity index (χ2v) is 3.40. The van der Waals surface area contributed by atoms with Crippen LogP contribution < -0.4 is 5.73 Å². The fourth-order valence-electron chi connectivity index (χ4n) is 1.46. The molecule has 0 fully saturated rings. The highest BCUT2D eigenvalue weighted by atomic mass is 19.3. The van der Waals surface area contributed by atoms with Gasteiger partial charge in [-0.15, -0.1) is 0 Å². The third kappa shape index (κ3) is 2.77. The van der Waals surface area contributed by atoms with Crippen LogP contribution in [0, 0.1) is 6.92 Å². The molecule has 0 saturated heterocycles. The van der Waals surface area contributed by atoms with E-state index < -0.39 is 6.43 Å². The van der Waals surface area contributed by atoms with Crippen molar-refractivity contribution in [2.24, 2.45) is 5.73 Å². The zero-order valence-electron chi connectivity index (χ0n) is 8.26. The van der Waals surface area contributed by atoms with E-state index >= 15 is 0 Å². The molecule has 0 aliphatic carbocycles. The molecule has 1 aromatic rings. The molecule has 0 aliphatic rings. The van der Waals surface area contributed by atoms with Crippen LogP contribution in [0.4, 0.5) is 8.78 Å². The first-order valence-corrected chi connectivity index (χ1v) is 4.72. The number of aryl methyl sites for hydroxylation is 2. The van der Waals surface area contributed by atoms with Gasteiger partial charge in [-0.1, -0.05) is 23.8 Å². The Morgan fingerprint density at radius 2 is 2.07 bits per heavy atom. The lowest BCUT2D eigenvalue weighted by atomic mass is 10.0. The molecule has 1 aromatic carbocycles. The van der Waals surface area contributed by atoms with Crippen LogP contribution >= 0.6 is 0 Å². The standard InChI is InChI=1S/C11H15F2N/c1-8-4-5-10(11(12)13)9(7-8)3-2-6-14/h4-5,7,11H,2-3,6,14H2,1H3. The Labute approximate surface area is 82.9 Å². The van der Waals surface area contributed by atoms with Crippen molar-refractivity contribution in [1.29, 1.82) is 0 Å². The first-order valence-electron chi connectivity index (χ1n) is 4.72. The summed E-state index contributed by atoms with van der Waals surface area (Å²) in [7, 11) is 0. The molecule has 0 heterocycles. The van der Waals surface area contributed by atoms with Crippen LogP contribution in [0.2, 0.25) is 0 Å². The fourth-order valence-corrected chi connectivity index (χ4v) is 1.46. The summed E-state index contributed by atoms with van der Waals surface area (Å²) >= 11 is 0.